The summed E-state index contributed by atoms with van der Waals surface area (Å²) in [5.41, 5.74) is 0.826. The standard InChI is InChI=1S/C8H5.Ta/c1-2-8-6-4-3-5-7-8;/h3-7H;/q-1;. The summed E-state index contributed by atoms with van der Waals surface area (Å²) in [6.07, 6.45) is 6.69. The normalized spacial score (nSPS) is 7.00. The number of hydrogen-bond donors (Lipinski definition) is 0. The molecule has 0 atom stereocenters. The molecule has 0 bridgehead atoms. The molecule has 0 fully saturated rings. The van der Waals surface area contributed by atoms with Gasteiger partial charge in [-0.25, -0.2) is 0 Å². The van der Waals surface area contributed by atoms with Crippen LogP contribution in [-0.4, -0.2) is 0 Å². The molecule has 0 amide bonds. The van der Waals surface area contributed by atoms with Gasteiger partial charge in [-0.1, -0.05) is 18.2 Å². The monoisotopic (exact) mass is 282 g/mol. The van der Waals surface area contributed by atoms with E-state index in [1.807, 2.05) is 30.3 Å². The molecule has 1 aromatic carbocycles. The van der Waals surface area contributed by atoms with E-state index in [4.69, 9.17) is 6.42 Å². The Labute approximate surface area is 70.8 Å². The molecule has 0 aliphatic heterocycles. The third-order valence-electron chi connectivity index (χ3n) is 0.918. The van der Waals surface area contributed by atoms with E-state index in [9.17, 15) is 0 Å². The zero-order valence-electron chi connectivity index (χ0n) is 4.83. The first-order chi connectivity index (χ1) is 3.93. The number of hydrogen-bond acceptors (Lipinski definition) is 0. The van der Waals surface area contributed by atoms with Crippen LogP contribution in [0.25, 0.3) is 0 Å². The molecule has 1 aromatic rings. The van der Waals surface area contributed by atoms with Crippen molar-refractivity contribution in [3.8, 4) is 5.92 Å². The van der Waals surface area contributed by atoms with Crippen molar-refractivity contribution < 1.29 is 22.4 Å². The van der Waals surface area contributed by atoms with Crippen molar-refractivity contribution in [2.75, 3.05) is 0 Å². The second-order valence-electron chi connectivity index (χ2n) is 1.49. The molecule has 0 spiro atoms. The van der Waals surface area contributed by atoms with Crippen molar-refractivity contribution in [2.24, 2.45) is 0 Å². The van der Waals surface area contributed by atoms with E-state index in [0.717, 1.165) is 5.56 Å². The van der Waals surface area contributed by atoms with Crippen molar-refractivity contribution >= 4 is 0 Å². The van der Waals surface area contributed by atoms with Crippen LogP contribution in [-0.2, 0) is 22.4 Å². The van der Waals surface area contributed by atoms with Gasteiger partial charge in [0.1, 0.15) is 0 Å². The fraction of sp³-hybridized carbons (Fsp3) is 0. The van der Waals surface area contributed by atoms with E-state index < -0.39 is 0 Å². The minimum atomic E-state index is 0. The maximum Gasteiger partial charge on any atom is 0 e. The Morgan fingerprint density at radius 1 is 1.11 bits per heavy atom. The Hall–Kier alpha value is -0.480. The molecule has 0 nitrogen and oxygen atoms in total. The topological polar surface area (TPSA) is 0 Å². The largest absolute Gasteiger partial charge is 0.366 e. The molecule has 0 saturated carbocycles. The summed E-state index contributed by atoms with van der Waals surface area (Å²) in [7, 11) is 0. The van der Waals surface area contributed by atoms with Crippen molar-refractivity contribution in [1.82, 2.24) is 0 Å². The van der Waals surface area contributed by atoms with E-state index in [0.29, 0.717) is 0 Å². The van der Waals surface area contributed by atoms with Gasteiger partial charge >= 0.3 is 0 Å². The van der Waals surface area contributed by atoms with Gasteiger partial charge in [0.2, 0.25) is 0 Å². The Kier molecular flexibility index (Phi) is 4.17. The van der Waals surface area contributed by atoms with Gasteiger partial charge in [0, 0.05) is 22.4 Å². The van der Waals surface area contributed by atoms with E-state index in [1.54, 1.807) is 0 Å². The molecule has 1 radical (unpaired) electrons. The third-order valence-corrected chi connectivity index (χ3v) is 0.918. The quantitative estimate of drug-likeness (QED) is 0.501. The first-order valence-corrected chi connectivity index (χ1v) is 2.41. The van der Waals surface area contributed by atoms with Crippen LogP contribution in [0.1, 0.15) is 5.56 Å². The molecule has 9 heavy (non-hydrogen) atoms. The zero-order chi connectivity index (χ0) is 5.82. The Balaban J connectivity index is 0.000000640. The van der Waals surface area contributed by atoms with Crippen LogP contribution in [0.5, 0.6) is 0 Å². The molecule has 0 aromatic heterocycles. The molecule has 0 aliphatic carbocycles. The molecule has 0 aliphatic rings. The molecule has 1 rings (SSSR count). The summed E-state index contributed by atoms with van der Waals surface area (Å²) in [4.78, 5) is 0. The van der Waals surface area contributed by atoms with Crippen LogP contribution in [0.4, 0.5) is 0 Å². The van der Waals surface area contributed by atoms with Crippen molar-refractivity contribution in [3.63, 3.8) is 0 Å². The Morgan fingerprint density at radius 3 is 2.00 bits per heavy atom. The van der Waals surface area contributed by atoms with Crippen LogP contribution in [0.3, 0.4) is 0 Å². The van der Waals surface area contributed by atoms with Gasteiger partial charge in [0.15, 0.2) is 0 Å². The molecule has 0 heterocycles. The molecule has 0 saturated heterocycles. The second kappa shape index (κ2) is 4.40. The maximum absolute atomic E-state index is 6.69. The van der Waals surface area contributed by atoms with Gasteiger partial charge in [-0.3, -0.25) is 5.92 Å². The molecule has 43 valence electrons. The van der Waals surface area contributed by atoms with Gasteiger partial charge in [0.05, 0.1) is 0 Å². The SMILES string of the molecule is [C-]#Cc1ccccc1.[Ta]. The van der Waals surface area contributed by atoms with E-state index in [-0.39, 0.29) is 22.4 Å². The van der Waals surface area contributed by atoms with Crippen molar-refractivity contribution in [3.05, 3.63) is 42.3 Å². The van der Waals surface area contributed by atoms with Crippen LogP contribution in [0.15, 0.2) is 30.3 Å². The minimum Gasteiger partial charge on any atom is -0.366 e. The van der Waals surface area contributed by atoms with Gasteiger partial charge in [-0.2, -0.15) is 0 Å². The minimum absolute atomic E-state index is 0. The molecular formula is C8H5Ta-. The predicted molar refractivity (Wildman–Crippen MR) is 32.7 cm³/mol. The molecule has 1 heteroatoms. The summed E-state index contributed by atoms with van der Waals surface area (Å²) in [5, 5.41) is 0. The fourth-order valence-corrected chi connectivity index (χ4v) is 0.521. The average molecular weight is 282 g/mol. The van der Waals surface area contributed by atoms with Crippen molar-refractivity contribution in [1.29, 1.82) is 0 Å². The van der Waals surface area contributed by atoms with Crippen LogP contribution in [0.2, 0.25) is 0 Å². The van der Waals surface area contributed by atoms with Crippen molar-refractivity contribution in [2.45, 2.75) is 0 Å². The van der Waals surface area contributed by atoms with Crippen LogP contribution < -0.4 is 0 Å². The zero-order valence-corrected chi connectivity index (χ0v) is 8.05. The maximum atomic E-state index is 6.69. The van der Waals surface area contributed by atoms with E-state index >= 15 is 0 Å². The summed E-state index contributed by atoms with van der Waals surface area (Å²) in [6, 6.07) is 9.37. The average Bonchev–Trinajstić information content (AvgIpc) is 1.90. The number of benzene rings is 1. The summed E-state index contributed by atoms with van der Waals surface area (Å²) >= 11 is 0. The van der Waals surface area contributed by atoms with Gasteiger partial charge in [-0.15, -0.1) is 17.7 Å². The van der Waals surface area contributed by atoms with Crippen LogP contribution in [0, 0.1) is 12.3 Å². The Bertz CT molecular complexity index is 196. The summed E-state index contributed by atoms with van der Waals surface area (Å²) in [6.45, 7) is 0. The molecule has 0 unspecified atom stereocenters. The van der Waals surface area contributed by atoms with Gasteiger partial charge < -0.3 is 6.42 Å². The smallest absolute Gasteiger partial charge is 0 e. The van der Waals surface area contributed by atoms with E-state index in [1.165, 1.54) is 0 Å². The first kappa shape index (κ1) is 8.52. The Morgan fingerprint density at radius 2 is 1.67 bits per heavy atom. The fourth-order valence-electron chi connectivity index (χ4n) is 0.521. The summed E-state index contributed by atoms with van der Waals surface area (Å²) < 4.78 is 0. The van der Waals surface area contributed by atoms with Gasteiger partial charge in [0.25, 0.3) is 0 Å². The van der Waals surface area contributed by atoms with E-state index in [2.05, 4.69) is 5.92 Å². The van der Waals surface area contributed by atoms with Crippen LogP contribution >= 0.6 is 0 Å². The predicted octanol–water partition coefficient (Wildman–Crippen LogP) is 1.62. The van der Waals surface area contributed by atoms with Gasteiger partial charge in [-0.05, 0) is 0 Å². The summed E-state index contributed by atoms with van der Waals surface area (Å²) in [5.74, 6) is 2.28. The number of rotatable bonds is 0. The second-order valence-corrected chi connectivity index (χ2v) is 1.49. The molecule has 0 N–H and O–H groups in total. The molecular weight excluding hydrogens is 277 g/mol. The first-order valence-electron chi connectivity index (χ1n) is 2.41. The third kappa shape index (κ3) is 2.53.